The molecule has 3 aromatic rings. The van der Waals surface area contributed by atoms with E-state index in [1.54, 1.807) is 47.6 Å². The van der Waals surface area contributed by atoms with Gasteiger partial charge in [0.2, 0.25) is 0 Å². The van der Waals surface area contributed by atoms with E-state index in [2.05, 4.69) is 4.98 Å². The maximum atomic E-state index is 13.5. The van der Waals surface area contributed by atoms with Crippen LogP contribution in [0.5, 0.6) is 0 Å². The van der Waals surface area contributed by atoms with Crippen molar-refractivity contribution in [1.82, 2.24) is 9.88 Å². The molecule has 3 nitrogen and oxygen atoms in total. The predicted molar refractivity (Wildman–Crippen MR) is 101 cm³/mol. The Labute approximate surface area is 161 Å². The number of carbonyl (C=O) groups excluding carboxylic acids is 1. The van der Waals surface area contributed by atoms with Gasteiger partial charge in [0.05, 0.1) is 0 Å². The lowest BCUT2D eigenvalue weighted by Crippen LogP contribution is -2.30. The Balaban J connectivity index is 1.91. The summed E-state index contributed by atoms with van der Waals surface area (Å²) >= 11 is 12.2. The van der Waals surface area contributed by atoms with Gasteiger partial charge in [-0.1, -0.05) is 41.4 Å². The molecular weight excluding hydrogens is 374 g/mol. The maximum Gasteiger partial charge on any atom is 0.254 e. The van der Waals surface area contributed by atoms with Gasteiger partial charge >= 0.3 is 0 Å². The van der Waals surface area contributed by atoms with E-state index in [9.17, 15) is 9.18 Å². The molecule has 0 spiro atoms. The minimum Gasteiger partial charge on any atom is -0.330 e. The number of pyridine rings is 1. The highest BCUT2D eigenvalue weighted by Gasteiger charge is 2.18. The average Bonchev–Trinajstić information content (AvgIpc) is 2.63. The maximum absolute atomic E-state index is 13.5. The quantitative estimate of drug-likeness (QED) is 0.588. The third-order valence-corrected chi connectivity index (χ3v) is 4.42. The average molecular weight is 389 g/mol. The summed E-state index contributed by atoms with van der Waals surface area (Å²) in [6.45, 7) is 0.586. The van der Waals surface area contributed by atoms with Gasteiger partial charge in [-0.3, -0.25) is 9.78 Å². The highest BCUT2D eigenvalue weighted by Crippen LogP contribution is 2.24. The van der Waals surface area contributed by atoms with Crippen LogP contribution >= 0.6 is 23.2 Å². The molecule has 0 unspecified atom stereocenters. The monoisotopic (exact) mass is 388 g/mol. The lowest BCUT2D eigenvalue weighted by atomic mass is 10.1. The van der Waals surface area contributed by atoms with Crippen molar-refractivity contribution >= 4 is 29.1 Å². The molecule has 0 bridgehead atoms. The normalized spacial score (nSPS) is 10.6. The summed E-state index contributed by atoms with van der Waals surface area (Å²) < 4.78 is 13.5. The number of benzene rings is 2. The number of halogens is 3. The molecule has 0 saturated heterocycles. The molecule has 0 aliphatic rings. The summed E-state index contributed by atoms with van der Waals surface area (Å²) in [5.74, 6) is -0.749. The summed E-state index contributed by atoms with van der Waals surface area (Å²) in [7, 11) is 0. The van der Waals surface area contributed by atoms with Crippen LogP contribution in [0, 0.1) is 5.82 Å². The first-order chi connectivity index (χ1) is 12.5. The van der Waals surface area contributed by atoms with Crippen molar-refractivity contribution in [1.29, 1.82) is 0 Å². The minimum atomic E-state index is -0.457. The van der Waals surface area contributed by atoms with Crippen LogP contribution in [0.25, 0.3) is 0 Å². The first-order valence-corrected chi connectivity index (χ1v) is 8.66. The van der Waals surface area contributed by atoms with Crippen LogP contribution in [0.1, 0.15) is 21.5 Å². The van der Waals surface area contributed by atoms with Crippen LogP contribution in [-0.2, 0) is 13.1 Å². The first-order valence-electron chi connectivity index (χ1n) is 7.90. The Morgan fingerprint density at radius 3 is 2.58 bits per heavy atom. The third-order valence-electron chi connectivity index (χ3n) is 3.83. The fraction of sp³-hybridized carbons (Fsp3) is 0.100. The zero-order chi connectivity index (χ0) is 18.5. The van der Waals surface area contributed by atoms with Gasteiger partial charge in [0.1, 0.15) is 5.82 Å². The van der Waals surface area contributed by atoms with Gasteiger partial charge in [-0.15, -0.1) is 0 Å². The summed E-state index contributed by atoms with van der Waals surface area (Å²) in [6, 6.07) is 14.4. The van der Waals surface area contributed by atoms with Crippen molar-refractivity contribution in [3.63, 3.8) is 0 Å². The Morgan fingerprint density at radius 1 is 1.04 bits per heavy atom. The van der Waals surface area contributed by atoms with Gasteiger partial charge in [0.15, 0.2) is 0 Å². The lowest BCUT2D eigenvalue weighted by molar-refractivity contribution is 0.0729. The van der Waals surface area contributed by atoms with E-state index in [1.165, 1.54) is 18.2 Å². The van der Waals surface area contributed by atoms with Gasteiger partial charge in [0.25, 0.3) is 5.91 Å². The molecule has 2 aromatic carbocycles. The molecule has 0 aliphatic heterocycles. The van der Waals surface area contributed by atoms with Crippen molar-refractivity contribution < 1.29 is 9.18 Å². The van der Waals surface area contributed by atoms with E-state index in [1.807, 2.05) is 6.07 Å². The molecule has 1 aromatic heterocycles. The molecule has 3 rings (SSSR count). The fourth-order valence-electron chi connectivity index (χ4n) is 2.57. The highest BCUT2D eigenvalue weighted by atomic mass is 35.5. The molecule has 1 heterocycles. The summed E-state index contributed by atoms with van der Waals surface area (Å²) in [4.78, 5) is 18.6. The van der Waals surface area contributed by atoms with E-state index in [0.717, 1.165) is 11.1 Å². The Bertz CT molecular complexity index is 919. The van der Waals surface area contributed by atoms with Crippen molar-refractivity contribution in [2.75, 3.05) is 0 Å². The predicted octanol–water partition coefficient (Wildman–Crippen LogP) is 5.37. The lowest BCUT2D eigenvalue weighted by Gasteiger charge is -2.23. The molecule has 0 N–H and O–H groups in total. The van der Waals surface area contributed by atoms with E-state index in [4.69, 9.17) is 23.2 Å². The van der Waals surface area contributed by atoms with E-state index in [-0.39, 0.29) is 18.0 Å². The molecule has 0 radical (unpaired) electrons. The number of amides is 1. The first kappa shape index (κ1) is 18.4. The minimum absolute atomic E-state index is 0.264. The standard InChI is InChI=1S/C20H15Cl2FN2O/c21-17-7-6-16(19(22)10-17)13-25(12-14-3-2-8-24-11-14)20(26)15-4-1-5-18(23)9-15/h1-11H,12-13H2. The van der Waals surface area contributed by atoms with Gasteiger partial charge < -0.3 is 4.90 Å². The molecule has 0 aliphatic carbocycles. The van der Waals surface area contributed by atoms with Gasteiger partial charge in [-0.05, 0) is 47.5 Å². The molecule has 1 amide bonds. The number of hydrogen-bond donors (Lipinski definition) is 0. The molecule has 0 saturated carbocycles. The largest absolute Gasteiger partial charge is 0.330 e. The van der Waals surface area contributed by atoms with Gasteiger partial charge in [-0.2, -0.15) is 0 Å². The molecular formula is C20H15Cl2FN2O. The molecule has 132 valence electrons. The smallest absolute Gasteiger partial charge is 0.254 e. The number of aromatic nitrogens is 1. The second kappa shape index (κ2) is 8.30. The van der Waals surface area contributed by atoms with Crippen LogP contribution in [-0.4, -0.2) is 15.8 Å². The SMILES string of the molecule is O=C(c1cccc(F)c1)N(Cc1cccnc1)Cc1ccc(Cl)cc1Cl. The van der Waals surface area contributed by atoms with Crippen molar-refractivity contribution in [2.45, 2.75) is 13.1 Å². The Hall–Kier alpha value is -2.43. The number of hydrogen-bond acceptors (Lipinski definition) is 2. The number of rotatable bonds is 5. The van der Waals surface area contributed by atoms with E-state index >= 15 is 0 Å². The van der Waals surface area contributed by atoms with E-state index < -0.39 is 5.82 Å². The number of nitrogens with zero attached hydrogens (tertiary/aromatic N) is 2. The van der Waals surface area contributed by atoms with Crippen LogP contribution < -0.4 is 0 Å². The molecule has 6 heteroatoms. The number of carbonyl (C=O) groups is 1. The molecule has 26 heavy (non-hydrogen) atoms. The van der Waals surface area contributed by atoms with Crippen molar-refractivity contribution in [2.24, 2.45) is 0 Å². The van der Waals surface area contributed by atoms with Crippen molar-refractivity contribution in [3.05, 3.63) is 99.5 Å². The van der Waals surface area contributed by atoms with Gasteiger partial charge in [-0.25, -0.2) is 4.39 Å². The van der Waals surface area contributed by atoms with Crippen molar-refractivity contribution in [3.8, 4) is 0 Å². The Morgan fingerprint density at radius 2 is 1.88 bits per heavy atom. The zero-order valence-electron chi connectivity index (χ0n) is 13.7. The third kappa shape index (κ3) is 4.59. The summed E-state index contributed by atoms with van der Waals surface area (Å²) in [6.07, 6.45) is 3.35. The van der Waals surface area contributed by atoms with Gasteiger partial charge in [0, 0.05) is 41.1 Å². The van der Waals surface area contributed by atoms with E-state index in [0.29, 0.717) is 16.6 Å². The highest BCUT2D eigenvalue weighted by molar-refractivity contribution is 6.35. The van der Waals surface area contributed by atoms with Crippen LogP contribution in [0.3, 0.4) is 0 Å². The van der Waals surface area contributed by atoms with Crippen LogP contribution in [0.2, 0.25) is 10.0 Å². The summed E-state index contributed by atoms with van der Waals surface area (Å²) in [5.41, 5.74) is 1.89. The van der Waals surface area contributed by atoms with Crippen LogP contribution in [0.4, 0.5) is 4.39 Å². The molecule has 0 fully saturated rings. The second-order valence-electron chi connectivity index (χ2n) is 5.77. The fourth-order valence-corrected chi connectivity index (χ4v) is 3.04. The summed E-state index contributed by atoms with van der Waals surface area (Å²) in [5, 5.41) is 0.995. The second-order valence-corrected chi connectivity index (χ2v) is 6.61. The topological polar surface area (TPSA) is 33.2 Å². The Kier molecular flexibility index (Phi) is 5.86. The van der Waals surface area contributed by atoms with Crippen LogP contribution in [0.15, 0.2) is 67.0 Å². The zero-order valence-corrected chi connectivity index (χ0v) is 15.2. The molecule has 0 atom stereocenters.